The molecule has 1 heterocycles. The predicted molar refractivity (Wildman–Crippen MR) is 122 cm³/mol. The zero-order valence-corrected chi connectivity index (χ0v) is 16.6. The molecule has 5 nitrogen and oxygen atoms in total. The van der Waals surface area contributed by atoms with Crippen molar-refractivity contribution in [1.82, 2.24) is 10.2 Å². The second-order valence-electron chi connectivity index (χ2n) is 7.01. The normalized spacial score (nSPS) is 10.7. The number of aromatic nitrogens is 2. The van der Waals surface area contributed by atoms with Crippen LogP contribution in [0.5, 0.6) is 5.75 Å². The van der Waals surface area contributed by atoms with Gasteiger partial charge in [0, 0.05) is 28.2 Å². The molecule has 0 atom stereocenters. The molecule has 0 aliphatic heterocycles. The molecule has 0 aliphatic carbocycles. The largest absolute Gasteiger partial charge is 0.508 e. The first-order chi connectivity index (χ1) is 15.3. The van der Waals surface area contributed by atoms with E-state index in [2.05, 4.69) is 39.4 Å². The Labute approximate surface area is 179 Å². The summed E-state index contributed by atoms with van der Waals surface area (Å²) in [5.41, 5.74) is 4.77. The van der Waals surface area contributed by atoms with E-state index in [0.717, 1.165) is 28.2 Å². The first-order valence-electron chi connectivity index (χ1n) is 9.91. The van der Waals surface area contributed by atoms with E-state index in [4.69, 9.17) is 4.42 Å². The number of anilines is 3. The fourth-order valence-electron chi connectivity index (χ4n) is 3.41. The van der Waals surface area contributed by atoms with Crippen LogP contribution in [-0.4, -0.2) is 15.3 Å². The number of aromatic hydroxyl groups is 1. The number of rotatable bonds is 5. The summed E-state index contributed by atoms with van der Waals surface area (Å²) in [5.74, 6) is 1.05. The van der Waals surface area contributed by atoms with Crippen molar-refractivity contribution in [2.75, 3.05) is 4.90 Å². The van der Waals surface area contributed by atoms with Gasteiger partial charge < -0.3 is 14.4 Å². The molecule has 5 aromatic rings. The summed E-state index contributed by atoms with van der Waals surface area (Å²) in [5, 5.41) is 17.8. The maximum Gasteiger partial charge on any atom is 0.248 e. The van der Waals surface area contributed by atoms with E-state index in [-0.39, 0.29) is 5.75 Å². The number of para-hydroxylation sites is 2. The molecule has 150 valence electrons. The van der Waals surface area contributed by atoms with Crippen molar-refractivity contribution < 1.29 is 9.52 Å². The topological polar surface area (TPSA) is 62.4 Å². The van der Waals surface area contributed by atoms with E-state index in [9.17, 15) is 5.11 Å². The van der Waals surface area contributed by atoms with Gasteiger partial charge >= 0.3 is 0 Å². The molecule has 0 bridgehead atoms. The van der Waals surface area contributed by atoms with Crippen molar-refractivity contribution in [2.24, 2.45) is 0 Å². The lowest BCUT2D eigenvalue weighted by molar-refractivity contribution is 0.475. The van der Waals surface area contributed by atoms with Crippen LogP contribution in [0, 0.1) is 0 Å². The SMILES string of the molecule is Oc1ccc(-c2nnc(-c3ccc(N(c4ccccc4)c4ccccc4)cc3)o2)cc1. The third-order valence-electron chi connectivity index (χ3n) is 4.94. The highest BCUT2D eigenvalue weighted by Crippen LogP contribution is 2.35. The maximum atomic E-state index is 9.45. The van der Waals surface area contributed by atoms with Gasteiger partial charge in [-0.25, -0.2) is 0 Å². The van der Waals surface area contributed by atoms with Gasteiger partial charge in [0.1, 0.15) is 5.75 Å². The molecule has 1 aromatic heterocycles. The lowest BCUT2D eigenvalue weighted by atomic mass is 10.1. The van der Waals surface area contributed by atoms with Crippen molar-refractivity contribution in [3.05, 3.63) is 109 Å². The molecule has 31 heavy (non-hydrogen) atoms. The van der Waals surface area contributed by atoms with Crippen LogP contribution in [0.1, 0.15) is 0 Å². The van der Waals surface area contributed by atoms with E-state index in [1.54, 1.807) is 24.3 Å². The maximum absolute atomic E-state index is 9.45. The number of hydrogen-bond acceptors (Lipinski definition) is 5. The highest BCUT2D eigenvalue weighted by atomic mass is 16.4. The van der Waals surface area contributed by atoms with Gasteiger partial charge in [0.15, 0.2) is 0 Å². The average Bonchev–Trinajstić information content (AvgIpc) is 3.32. The number of phenols is 1. The summed E-state index contributed by atoms with van der Waals surface area (Å²) < 4.78 is 5.85. The second-order valence-corrected chi connectivity index (χ2v) is 7.01. The minimum absolute atomic E-state index is 0.195. The quantitative estimate of drug-likeness (QED) is 0.358. The summed E-state index contributed by atoms with van der Waals surface area (Å²) in [6, 6.07) is 35.2. The molecule has 0 fully saturated rings. The monoisotopic (exact) mass is 405 g/mol. The van der Waals surface area contributed by atoms with Crippen molar-refractivity contribution in [2.45, 2.75) is 0 Å². The Hall–Kier alpha value is -4.38. The van der Waals surface area contributed by atoms with E-state index in [1.807, 2.05) is 60.7 Å². The Bertz CT molecular complexity index is 1230. The van der Waals surface area contributed by atoms with Gasteiger partial charge in [-0.2, -0.15) is 0 Å². The molecular weight excluding hydrogens is 386 g/mol. The molecule has 0 saturated carbocycles. The van der Waals surface area contributed by atoms with Crippen LogP contribution < -0.4 is 4.90 Å². The van der Waals surface area contributed by atoms with Gasteiger partial charge in [-0.3, -0.25) is 0 Å². The highest BCUT2D eigenvalue weighted by molar-refractivity contribution is 5.77. The lowest BCUT2D eigenvalue weighted by Crippen LogP contribution is -2.09. The molecule has 0 saturated heterocycles. The smallest absolute Gasteiger partial charge is 0.248 e. The second kappa shape index (κ2) is 8.16. The third-order valence-corrected chi connectivity index (χ3v) is 4.94. The number of benzene rings is 4. The molecule has 0 radical (unpaired) electrons. The number of hydrogen-bond donors (Lipinski definition) is 1. The zero-order chi connectivity index (χ0) is 21.0. The van der Waals surface area contributed by atoms with Crippen LogP contribution in [0.2, 0.25) is 0 Å². The lowest BCUT2D eigenvalue weighted by Gasteiger charge is -2.25. The highest BCUT2D eigenvalue weighted by Gasteiger charge is 2.14. The van der Waals surface area contributed by atoms with E-state index in [0.29, 0.717) is 11.8 Å². The van der Waals surface area contributed by atoms with Gasteiger partial charge in [-0.15, -0.1) is 10.2 Å². The fraction of sp³-hybridized carbons (Fsp3) is 0. The number of nitrogens with zero attached hydrogens (tertiary/aromatic N) is 3. The predicted octanol–water partition coefficient (Wildman–Crippen LogP) is 6.58. The zero-order valence-electron chi connectivity index (χ0n) is 16.6. The molecule has 0 aliphatic rings. The first-order valence-corrected chi connectivity index (χ1v) is 9.91. The summed E-state index contributed by atoms with van der Waals surface area (Å²) in [4.78, 5) is 2.19. The Kier molecular flexibility index (Phi) is 4.91. The van der Waals surface area contributed by atoms with E-state index >= 15 is 0 Å². The first kappa shape index (κ1) is 18.6. The minimum Gasteiger partial charge on any atom is -0.508 e. The van der Waals surface area contributed by atoms with Gasteiger partial charge in [0.25, 0.3) is 0 Å². The summed E-state index contributed by atoms with van der Waals surface area (Å²) in [6.07, 6.45) is 0. The number of phenolic OH excluding ortho intramolecular Hbond substituents is 1. The van der Waals surface area contributed by atoms with Crippen LogP contribution in [0.15, 0.2) is 114 Å². The van der Waals surface area contributed by atoms with Crippen LogP contribution >= 0.6 is 0 Å². The molecule has 4 aromatic carbocycles. The van der Waals surface area contributed by atoms with Gasteiger partial charge in [0.2, 0.25) is 11.8 Å². The molecule has 1 N–H and O–H groups in total. The van der Waals surface area contributed by atoms with E-state index < -0.39 is 0 Å². The van der Waals surface area contributed by atoms with Crippen molar-refractivity contribution in [3.63, 3.8) is 0 Å². The Balaban J connectivity index is 1.47. The van der Waals surface area contributed by atoms with E-state index in [1.165, 1.54) is 0 Å². The molecule has 0 amide bonds. The summed E-state index contributed by atoms with van der Waals surface area (Å²) in [7, 11) is 0. The summed E-state index contributed by atoms with van der Waals surface area (Å²) >= 11 is 0. The summed E-state index contributed by atoms with van der Waals surface area (Å²) in [6.45, 7) is 0. The van der Waals surface area contributed by atoms with Gasteiger partial charge in [-0.1, -0.05) is 36.4 Å². The Morgan fingerprint density at radius 3 is 1.42 bits per heavy atom. The Morgan fingerprint density at radius 2 is 0.935 bits per heavy atom. The van der Waals surface area contributed by atoms with Crippen LogP contribution in [0.4, 0.5) is 17.1 Å². The third kappa shape index (κ3) is 3.89. The van der Waals surface area contributed by atoms with Gasteiger partial charge in [0.05, 0.1) is 0 Å². The fourth-order valence-corrected chi connectivity index (χ4v) is 3.41. The molecule has 0 spiro atoms. The standard InChI is InChI=1S/C26H19N3O2/c30-24-17-13-20(14-18-24)26-28-27-25(31-26)19-11-15-23(16-12-19)29(21-7-3-1-4-8-21)22-9-5-2-6-10-22/h1-18,30H. The van der Waals surface area contributed by atoms with Crippen molar-refractivity contribution in [3.8, 4) is 28.7 Å². The van der Waals surface area contributed by atoms with Crippen LogP contribution in [0.3, 0.4) is 0 Å². The average molecular weight is 405 g/mol. The molecular formula is C26H19N3O2. The van der Waals surface area contributed by atoms with Crippen molar-refractivity contribution in [1.29, 1.82) is 0 Å². The molecule has 0 unspecified atom stereocenters. The molecule has 5 rings (SSSR count). The Morgan fingerprint density at radius 1 is 0.516 bits per heavy atom. The van der Waals surface area contributed by atoms with Gasteiger partial charge in [-0.05, 0) is 72.8 Å². The molecule has 5 heteroatoms. The van der Waals surface area contributed by atoms with Crippen LogP contribution in [-0.2, 0) is 0 Å². The van der Waals surface area contributed by atoms with Crippen molar-refractivity contribution >= 4 is 17.1 Å². The van der Waals surface area contributed by atoms with Crippen LogP contribution in [0.25, 0.3) is 22.9 Å². The minimum atomic E-state index is 0.195.